The van der Waals surface area contributed by atoms with E-state index in [0.717, 1.165) is 32.4 Å². The number of nitrogens with one attached hydrogen (secondary N) is 1. The standard InChI is InChI=1S/C13H27NO3/c1-11(6-10-17-4)14-9-8-13(2,3)7-5-12(15)16/h11,14H,5-10H2,1-4H3,(H,15,16). The number of ether oxygens (including phenoxy) is 1. The largest absolute Gasteiger partial charge is 0.481 e. The van der Waals surface area contributed by atoms with Crippen molar-refractivity contribution in [3.05, 3.63) is 0 Å². The molecule has 0 aromatic heterocycles. The molecule has 0 aromatic rings. The Bertz CT molecular complexity index is 217. The number of aliphatic carboxylic acids is 1. The Morgan fingerprint density at radius 2 is 2.06 bits per heavy atom. The number of carbonyl (C=O) groups is 1. The summed E-state index contributed by atoms with van der Waals surface area (Å²) in [5.41, 5.74) is 0.0896. The third-order valence-corrected chi connectivity index (χ3v) is 3.07. The van der Waals surface area contributed by atoms with Crippen LogP contribution in [-0.2, 0) is 9.53 Å². The van der Waals surface area contributed by atoms with Gasteiger partial charge in [-0.25, -0.2) is 0 Å². The quantitative estimate of drug-likeness (QED) is 0.620. The van der Waals surface area contributed by atoms with Gasteiger partial charge in [0.25, 0.3) is 0 Å². The van der Waals surface area contributed by atoms with Crippen molar-refractivity contribution in [3.8, 4) is 0 Å². The average Bonchev–Trinajstić information content (AvgIpc) is 2.23. The van der Waals surface area contributed by atoms with E-state index in [-0.39, 0.29) is 11.8 Å². The molecule has 0 aliphatic heterocycles. The van der Waals surface area contributed by atoms with Crippen LogP contribution >= 0.6 is 0 Å². The molecule has 1 atom stereocenters. The molecule has 102 valence electrons. The summed E-state index contributed by atoms with van der Waals surface area (Å²) in [5, 5.41) is 12.1. The molecule has 0 radical (unpaired) electrons. The van der Waals surface area contributed by atoms with Gasteiger partial charge < -0.3 is 15.2 Å². The molecule has 0 aliphatic rings. The Labute approximate surface area is 105 Å². The van der Waals surface area contributed by atoms with Crippen LogP contribution in [-0.4, -0.2) is 37.4 Å². The average molecular weight is 245 g/mol. The zero-order valence-electron chi connectivity index (χ0n) is 11.6. The highest BCUT2D eigenvalue weighted by atomic mass is 16.5. The topological polar surface area (TPSA) is 58.6 Å². The Kier molecular flexibility index (Phi) is 8.17. The van der Waals surface area contributed by atoms with Gasteiger partial charge in [0.15, 0.2) is 0 Å². The molecule has 0 bridgehead atoms. The lowest BCUT2D eigenvalue weighted by Crippen LogP contribution is -2.31. The zero-order valence-corrected chi connectivity index (χ0v) is 11.6. The number of hydrogen-bond donors (Lipinski definition) is 2. The van der Waals surface area contributed by atoms with Crippen molar-refractivity contribution in [2.75, 3.05) is 20.3 Å². The summed E-state index contributed by atoms with van der Waals surface area (Å²) < 4.78 is 5.02. The van der Waals surface area contributed by atoms with Crippen LogP contribution in [0.5, 0.6) is 0 Å². The maximum atomic E-state index is 10.5. The van der Waals surface area contributed by atoms with E-state index in [2.05, 4.69) is 26.1 Å². The van der Waals surface area contributed by atoms with E-state index in [0.29, 0.717) is 6.04 Å². The maximum absolute atomic E-state index is 10.5. The molecule has 0 aromatic carbocycles. The van der Waals surface area contributed by atoms with Gasteiger partial charge >= 0.3 is 5.97 Å². The molecule has 2 N–H and O–H groups in total. The molecule has 4 nitrogen and oxygen atoms in total. The first-order chi connectivity index (χ1) is 7.87. The van der Waals surface area contributed by atoms with Gasteiger partial charge in [-0.15, -0.1) is 0 Å². The number of methoxy groups -OCH3 is 1. The van der Waals surface area contributed by atoms with Crippen molar-refractivity contribution < 1.29 is 14.6 Å². The minimum Gasteiger partial charge on any atom is -0.481 e. The predicted molar refractivity (Wildman–Crippen MR) is 69.2 cm³/mol. The summed E-state index contributed by atoms with van der Waals surface area (Å²) in [6.45, 7) is 8.09. The lowest BCUT2D eigenvalue weighted by Gasteiger charge is -2.25. The minimum atomic E-state index is -0.709. The summed E-state index contributed by atoms with van der Waals surface area (Å²) in [6, 6.07) is 0.449. The van der Waals surface area contributed by atoms with E-state index < -0.39 is 5.97 Å². The predicted octanol–water partition coefficient (Wildman–Crippen LogP) is 2.28. The number of carboxylic acid groups (broad SMARTS) is 1. The Morgan fingerprint density at radius 3 is 2.59 bits per heavy atom. The van der Waals surface area contributed by atoms with Gasteiger partial charge in [-0.2, -0.15) is 0 Å². The molecule has 0 saturated carbocycles. The second-order valence-electron chi connectivity index (χ2n) is 5.44. The number of hydrogen-bond acceptors (Lipinski definition) is 3. The van der Waals surface area contributed by atoms with Crippen molar-refractivity contribution in [1.82, 2.24) is 5.32 Å². The van der Waals surface area contributed by atoms with E-state index >= 15 is 0 Å². The molecule has 0 aliphatic carbocycles. The summed E-state index contributed by atoms with van der Waals surface area (Å²) >= 11 is 0. The maximum Gasteiger partial charge on any atom is 0.303 e. The molecule has 0 spiro atoms. The van der Waals surface area contributed by atoms with Crippen LogP contribution < -0.4 is 5.32 Å². The molecule has 17 heavy (non-hydrogen) atoms. The zero-order chi connectivity index (χ0) is 13.3. The van der Waals surface area contributed by atoms with Crippen molar-refractivity contribution in [2.24, 2.45) is 5.41 Å². The first-order valence-corrected chi connectivity index (χ1v) is 6.31. The first kappa shape index (κ1) is 16.4. The fraction of sp³-hybridized carbons (Fsp3) is 0.923. The van der Waals surface area contributed by atoms with Crippen LogP contribution in [0.2, 0.25) is 0 Å². The lowest BCUT2D eigenvalue weighted by atomic mass is 9.84. The van der Waals surface area contributed by atoms with Gasteiger partial charge in [0, 0.05) is 26.2 Å². The smallest absolute Gasteiger partial charge is 0.303 e. The Balaban J connectivity index is 3.67. The van der Waals surface area contributed by atoms with Crippen LogP contribution in [0, 0.1) is 5.41 Å². The molecule has 0 saturated heterocycles. The number of carboxylic acids is 1. The van der Waals surface area contributed by atoms with Crippen molar-refractivity contribution >= 4 is 5.97 Å². The highest BCUT2D eigenvalue weighted by Gasteiger charge is 2.18. The molecule has 0 fully saturated rings. The van der Waals surface area contributed by atoms with Gasteiger partial charge in [-0.1, -0.05) is 13.8 Å². The highest BCUT2D eigenvalue weighted by molar-refractivity contribution is 5.66. The van der Waals surface area contributed by atoms with E-state index in [9.17, 15) is 4.79 Å². The SMILES string of the molecule is COCCC(C)NCCC(C)(C)CCC(=O)O. The normalized spacial score (nSPS) is 13.6. The molecule has 0 amide bonds. The molecular formula is C13H27NO3. The highest BCUT2D eigenvalue weighted by Crippen LogP contribution is 2.26. The van der Waals surface area contributed by atoms with Crippen LogP contribution in [0.4, 0.5) is 0 Å². The van der Waals surface area contributed by atoms with Gasteiger partial charge in [0.1, 0.15) is 0 Å². The molecule has 4 heteroatoms. The summed E-state index contributed by atoms with van der Waals surface area (Å²) in [6.07, 6.45) is 2.99. The second kappa shape index (κ2) is 8.48. The van der Waals surface area contributed by atoms with Crippen LogP contribution in [0.3, 0.4) is 0 Å². The summed E-state index contributed by atoms with van der Waals surface area (Å²) in [7, 11) is 1.71. The Hall–Kier alpha value is -0.610. The monoisotopic (exact) mass is 245 g/mol. The number of rotatable bonds is 10. The van der Waals surface area contributed by atoms with Crippen LogP contribution in [0.15, 0.2) is 0 Å². The van der Waals surface area contributed by atoms with Gasteiger partial charge in [0.05, 0.1) is 0 Å². The van der Waals surface area contributed by atoms with Gasteiger partial charge in [-0.3, -0.25) is 4.79 Å². The van der Waals surface area contributed by atoms with Crippen molar-refractivity contribution in [1.29, 1.82) is 0 Å². The second-order valence-corrected chi connectivity index (χ2v) is 5.44. The van der Waals surface area contributed by atoms with Crippen LogP contribution in [0.25, 0.3) is 0 Å². The minimum absolute atomic E-state index is 0.0896. The van der Waals surface area contributed by atoms with E-state index in [1.54, 1.807) is 7.11 Å². The van der Waals surface area contributed by atoms with E-state index in [1.807, 2.05) is 0 Å². The fourth-order valence-electron chi connectivity index (χ4n) is 1.62. The molecule has 1 unspecified atom stereocenters. The van der Waals surface area contributed by atoms with Gasteiger partial charge in [-0.05, 0) is 38.1 Å². The summed E-state index contributed by atoms with van der Waals surface area (Å²) in [4.78, 5) is 10.5. The van der Waals surface area contributed by atoms with Crippen molar-refractivity contribution in [3.63, 3.8) is 0 Å². The molecular weight excluding hydrogens is 218 g/mol. The van der Waals surface area contributed by atoms with Crippen LogP contribution in [0.1, 0.15) is 46.5 Å². The molecule has 0 rings (SSSR count). The molecule has 0 heterocycles. The fourth-order valence-corrected chi connectivity index (χ4v) is 1.62. The first-order valence-electron chi connectivity index (χ1n) is 6.31. The lowest BCUT2D eigenvalue weighted by molar-refractivity contribution is -0.137. The van der Waals surface area contributed by atoms with E-state index in [4.69, 9.17) is 9.84 Å². The third kappa shape index (κ3) is 10.3. The van der Waals surface area contributed by atoms with Crippen molar-refractivity contribution in [2.45, 2.75) is 52.5 Å². The Morgan fingerprint density at radius 1 is 1.41 bits per heavy atom. The third-order valence-electron chi connectivity index (χ3n) is 3.07. The van der Waals surface area contributed by atoms with Gasteiger partial charge in [0.2, 0.25) is 0 Å². The summed E-state index contributed by atoms with van der Waals surface area (Å²) in [5.74, 6) is -0.709. The van der Waals surface area contributed by atoms with E-state index in [1.165, 1.54) is 0 Å².